The van der Waals surface area contributed by atoms with Crippen LogP contribution >= 0.6 is 0 Å². The number of carbonyl (C=O) groups excluding carboxylic acids is 2. The van der Waals surface area contributed by atoms with E-state index in [-0.39, 0.29) is 11.8 Å². The Morgan fingerprint density at radius 2 is 1.80 bits per heavy atom. The van der Waals surface area contributed by atoms with E-state index in [1.165, 1.54) is 0 Å². The lowest BCUT2D eigenvalue weighted by atomic mass is 9.77. The van der Waals surface area contributed by atoms with Gasteiger partial charge in [0, 0.05) is 37.3 Å². The van der Waals surface area contributed by atoms with Crippen molar-refractivity contribution in [3.05, 3.63) is 119 Å². The second-order valence-electron chi connectivity index (χ2n) is 8.64. The summed E-state index contributed by atoms with van der Waals surface area (Å²) in [5, 5.41) is 6.32. The number of nitrogens with zero attached hydrogens (tertiary/aromatic N) is 1. The minimum absolute atomic E-state index is 0.0160. The summed E-state index contributed by atoms with van der Waals surface area (Å²) in [5.41, 5.74) is 4.32. The number of nitrogens with one attached hydrogen (secondary N) is 2. The molecule has 0 saturated carbocycles. The third kappa shape index (κ3) is 5.05. The number of rotatable bonds is 11. The maximum Gasteiger partial charge on any atom is 0.255 e. The van der Waals surface area contributed by atoms with Crippen LogP contribution in [0.3, 0.4) is 0 Å². The Morgan fingerprint density at radius 1 is 1.09 bits per heavy atom. The van der Waals surface area contributed by atoms with E-state index in [4.69, 9.17) is 0 Å². The molecule has 0 spiro atoms. The molecule has 1 aliphatic rings. The Balaban J connectivity index is 1.72. The third-order valence-corrected chi connectivity index (χ3v) is 6.46. The number of hydrogen-bond acceptors (Lipinski definition) is 3. The number of amides is 2. The minimum Gasteiger partial charge on any atom is -0.351 e. The van der Waals surface area contributed by atoms with Gasteiger partial charge in [-0.2, -0.15) is 0 Å². The zero-order valence-corrected chi connectivity index (χ0v) is 20.9. The van der Waals surface area contributed by atoms with Crippen LogP contribution < -0.4 is 10.6 Å². The topological polar surface area (TPSA) is 61.4 Å². The fraction of sp³-hybridized carbons (Fsp3) is 0.267. The average Bonchev–Trinajstić information content (AvgIpc) is 3.10. The van der Waals surface area contributed by atoms with E-state index in [2.05, 4.69) is 23.8 Å². The summed E-state index contributed by atoms with van der Waals surface area (Å²) < 4.78 is 0. The number of benzene rings is 2. The molecule has 1 unspecified atom stereocenters. The van der Waals surface area contributed by atoms with Crippen molar-refractivity contribution in [3.63, 3.8) is 0 Å². The molecule has 0 bridgehead atoms. The maximum atomic E-state index is 13.6. The number of carbonyl (C=O) groups is 2. The van der Waals surface area contributed by atoms with Crippen molar-refractivity contribution >= 4 is 11.8 Å². The summed E-state index contributed by atoms with van der Waals surface area (Å²) in [5.74, 6) is -0.0975. The largest absolute Gasteiger partial charge is 0.351 e. The van der Waals surface area contributed by atoms with E-state index >= 15 is 0 Å². The fourth-order valence-electron chi connectivity index (χ4n) is 4.84. The van der Waals surface area contributed by atoms with E-state index in [1.807, 2.05) is 92.4 Å². The van der Waals surface area contributed by atoms with Gasteiger partial charge in [0.15, 0.2) is 0 Å². The van der Waals surface area contributed by atoms with Crippen LogP contribution in [0.2, 0.25) is 0 Å². The highest BCUT2D eigenvalue weighted by molar-refractivity contribution is 6.01. The SMILES string of the molecule is C=CC=C(C)C1(C(=C)C=CC)c2ccccc2C(=O)N1CCNCCNC(=O)c1ccccc1C. The Morgan fingerprint density at radius 3 is 2.51 bits per heavy atom. The highest BCUT2D eigenvalue weighted by Gasteiger charge is 2.51. The molecule has 3 rings (SSSR count). The average molecular weight is 470 g/mol. The minimum atomic E-state index is -0.769. The first-order chi connectivity index (χ1) is 16.9. The fourth-order valence-corrected chi connectivity index (χ4v) is 4.84. The first-order valence-electron chi connectivity index (χ1n) is 12.0. The summed E-state index contributed by atoms with van der Waals surface area (Å²) in [7, 11) is 0. The summed E-state index contributed by atoms with van der Waals surface area (Å²) in [6.07, 6.45) is 7.62. The van der Waals surface area contributed by atoms with E-state index in [1.54, 1.807) is 6.08 Å². The number of hydrogen-bond donors (Lipinski definition) is 2. The Kier molecular flexibility index (Phi) is 8.61. The molecule has 1 aliphatic heterocycles. The zero-order chi connectivity index (χ0) is 25.4. The van der Waals surface area contributed by atoms with Crippen LogP contribution in [0.5, 0.6) is 0 Å². The molecule has 0 aliphatic carbocycles. The van der Waals surface area contributed by atoms with Gasteiger partial charge in [-0.15, -0.1) is 0 Å². The van der Waals surface area contributed by atoms with Crippen LogP contribution in [0.25, 0.3) is 0 Å². The summed E-state index contributed by atoms with van der Waals surface area (Å²) >= 11 is 0. The lowest BCUT2D eigenvalue weighted by Crippen LogP contribution is -2.48. The second-order valence-corrected chi connectivity index (χ2v) is 8.64. The van der Waals surface area contributed by atoms with Crippen LogP contribution in [0.1, 0.15) is 45.7 Å². The molecule has 5 heteroatoms. The van der Waals surface area contributed by atoms with Crippen LogP contribution in [0.4, 0.5) is 0 Å². The molecule has 5 nitrogen and oxygen atoms in total. The smallest absolute Gasteiger partial charge is 0.255 e. The quantitative estimate of drug-likeness (QED) is 0.362. The second kappa shape index (κ2) is 11.6. The third-order valence-electron chi connectivity index (χ3n) is 6.46. The van der Waals surface area contributed by atoms with E-state index in [0.29, 0.717) is 37.3 Å². The first kappa shape index (κ1) is 25.9. The van der Waals surface area contributed by atoms with Crippen LogP contribution in [0.15, 0.2) is 97.1 Å². The molecule has 35 heavy (non-hydrogen) atoms. The van der Waals surface area contributed by atoms with Gasteiger partial charge >= 0.3 is 0 Å². The summed E-state index contributed by atoms with van der Waals surface area (Å²) in [4.78, 5) is 27.9. The normalized spacial score (nSPS) is 17.5. The zero-order valence-electron chi connectivity index (χ0n) is 20.9. The predicted molar refractivity (Wildman–Crippen MR) is 143 cm³/mol. The predicted octanol–water partition coefficient (Wildman–Crippen LogP) is 4.93. The van der Waals surface area contributed by atoms with Crippen molar-refractivity contribution in [3.8, 4) is 0 Å². The summed E-state index contributed by atoms with van der Waals surface area (Å²) in [6.45, 7) is 16.3. The molecular weight excluding hydrogens is 434 g/mol. The van der Waals surface area contributed by atoms with Gasteiger partial charge in [-0.25, -0.2) is 0 Å². The van der Waals surface area contributed by atoms with Gasteiger partial charge in [0.1, 0.15) is 5.54 Å². The molecule has 182 valence electrons. The van der Waals surface area contributed by atoms with E-state index in [0.717, 1.165) is 22.3 Å². The van der Waals surface area contributed by atoms with Gasteiger partial charge in [-0.3, -0.25) is 9.59 Å². The molecule has 0 radical (unpaired) electrons. The Bertz CT molecular complexity index is 1180. The number of aryl methyl sites for hydroxylation is 1. The lowest BCUT2D eigenvalue weighted by Gasteiger charge is -2.41. The maximum absolute atomic E-state index is 13.6. The van der Waals surface area contributed by atoms with Gasteiger partial charge in [0.25, 0.3) is 11.8 Å². The molecule has 0 aromatic heterocycles. The molecule has 2 amide bonds. The molecule has 1 atom stereocenters. The van der Waals surface area contributed by atoms with Crippen LogP contribution in [0, 0.1) is 6.92 Å². The molecule has 2 N–H and O–H groups in total. The number of allylic oxidation sites excluding steroid dienone is 3. The highest BCUT2D eigenvalue weighted by atomic mass is 16.2. The molecule has 1 heterocycles. The van der Waals surface area contributed by atoms with Crippen molar-refractivity contribution in [2.75, 3.05) is 26.2 Å². The molecule has 0 fully saturated rings. The Labute approximate surface area is 208 Å². The Hall–Kier alpha value is -3.70. The standard InChI is InChI=1S/C30H35N3O2/c1-6-12-23(4)30(24(5)13-7-2)27-17-11-10-16-26(27)29(35)33(30)21-20-31-18-19-32-28(34)25-15-9-8-14-22(25)3/h6-17,31H,1,5,18-21H2,2-4H3,(H,32,34). The van der Waals surface area contributed by atoms with Gasteiger partial charge < -0.3 is 15.5 Å². The monoisotopic (exact) mass is 469 g/mol. The summed E-state index contributed by atoms with van der Waals surface area (Å²) in [6, 6.07) is 15.3. The van der Waals surface area contributed by atoms with Gasteiger partial charge in [0.05, 0.1) is 0 Å². The number of fused-ring (bicyclic) bond motifs is 1. The molecular formula is C30H35N3O2. The van der Waals surface area contributed by atoms with Gasteiger partial charge in [-0.05, 0) is 55.2 Å². The van der Waals surface area contributed by atoms with Gasteiger partial charge in [0.2, 0.25) is 0 Å². The van der Waals surface area contributed by atoms with E-state index in [9.17, 15) is 9.59 Å². The first-order valence-corrected chi connectivity index (χ1v) is 12.0. The highest BCUT2D eigenvalue weighted by Crippen LogP contribution is 2.49. The van der Waals surface area contributed by atoms with Gasteiger partial charge in [-0.1, -0.05) is 73.9 Å². The lowest BCUT2D eigenvalue weighted by molar-refractivity contribution is 0.0674. The van der Waals surface area contributed by atoms with Crippen LogP contribution in [-0.2, 0) is 5.54 Å². The van der Waals surface area contributed by atoms with Crippen molar-refractivity contribution in [2.45, 2.75) is 26.3 Å². The van der Waals surface area contributed by atoms with Crippen molar-refractivity contribution in [1.82, 2.24) is 15.5 Å². The van der Waals surface area contributed by atoms with Crippen molar-refractivity contribution < 1.29 is 9.59 Å². The van der Waals surface area contributed by atoms with E-state index < -0.39 is 5.54 Å². The van der Waals surface area contributed by atoms with Crippen LogP contribution in [-0.4, -0.2) is 42.9 Å². The molecule has 2 aromatic carbocycles. The van der Waals surface area contributed by atoms with Crippen molar-refractivity contribution in [1.29, 1.82) is 0 Å². The molecule has 2 aromatic rings. The molecule has 0 saturated heterocycles. The van der Waals surface area contributed by atoms with Crippen molar-refractivity contribution in [2.24, 2.45) is 0 Å².